The van der Waals surface area contributed by atoms with E-state index in [9.17, 15) is 4.39 Å². The average Bonchev–Trinajstić information content (AvgIpc) is 2.36. The van der Waals surface area contributed by atoms with Crippen LogP contribution in [0.3, 0.4) is 0 Å². The number of nitrogens with one attached hydrogen (secondary N) is 1. The maximum Gasteiger partial charge on any atom is 0.128 e. The normalized spacial score (nSPS) is 12.7. The van der Waals surface area contributed by atoms with Gasteiger partial charge in [-0.25, -0.2) is 4.39 Å². The Morgan fingerprint density at radius 2 is 2.11 bits per heavy atom. The monoisotopic (exact) mass is 315 g/mol. The van der Waals surface area contributed by atoms with E-state index in [-0.39, 0.29) is 5.82 Å². The SMILES string of the molecule is CCCCC(CC)CNCc1ccc(Br)cc1F. The number of hydrogen-bond acceptors (Lipinski definition) is 1. The summed E-state index contributed by atoms with van der Waals surface area (Å²) in [5, 5.41) is 3.37. The predicted molar refractivity (Wildman–Crippen MR) is 79.1 cm³/mol. The highest BCUT2D eigenvalue weighted by molar-refractivity contribution is 9.10. The number of halogens is 2. The summed E-state index contributed by atoms with van der Waals surface area (Å²) in [7, 11) is 0. The van der Waals surface area contributed by atoms with Crippen LogP contribution in [-0.4, -0.2) is 6.54 Å². The first-order valence-corrected chi connectivity index (χ1v) is 7.61. The van der Waals surface area contributed by atoms with Crippen molar-refractivity contribution in [1.82, 2.24) is 5.32 Å². The van der Waals surface area contributed by atoms with E-state index < -0.39 is 0 Å². The van der Waals surface area contributed by atoms with Crippen molar-refractivity contribution in [3.63, 3.8) is 0 Å². The van der Waals surface area contributed by atoms with Crippen molar-refractivity contribution in [1.29, 1.82) is 0 Å². The third kappa shape index (κ3) is 5.49. The lowest BCUT2D eigenvalue weighted by Crippen LogP contribution is -2.22. The van der Waals surface area contributed by atoms with E-state index in [4.69, 9.17) is 0 Å². The van der Waals surface area contributed by atoms with Crippen molar-refractivity contribution < 1.29 is 4.39 Å². The van der Waals surface area contributed by atoms with Crippen LogP contribution >= 0.6 is 15.9 Å². The minimum absolute atomic E-state index is 0.140. The second-order valence-corrected chi connectivity index (χ2v) is 5.70. The lowest BCUT2D eigenvalue weighted by atomic mass is 9.99. The van der Waals surface area contributed by atoms with Gasteiger partial charge in [0.05, 0.1) is 0 Å². The fourth-order valence-corrected chi connectivity index (χ4v) is 2.35. The van der Waals surface area contributed by atoms with Crippen LogP contribution in [0, 0.1) is 11.7 Å². The number of unbranched alkanes of at least 4 members (excludes halogenated alkanes) is 1. The molecule has 0 saturated heterocycles. The standard InChI is InChI=1S/C15H23BrFN/c1-3-5-6-12(4-2)10-18-11-13-7-8-14(16)9-15(13)17/h7-9,12,18H,3-6,10-11H2,1-2H3. The molecule has 0 aromatic heterocycles. The summed E-state index contributed by atoms with van der Waals surface area (Å²) < 4.78 is 14.4. The van der Waals surface area contributed by atoms with Gasteiger partial charge in [-0.1, -0.05) is 55.1 Å². The first-order valence-electron chi connectivity index (χ1n) is 6.82. The fraction of sp³-hybridized carbons (Fsp3) is 0.600. The van der Waals surface area contributed by atoms with Gasteiger partial charge in [-0.2, -0.15) is 0 Å². The molecule has 1 rings (SSSR count). The topological polar surface area (TPSA) is 12.0 Å². The first-order chi connectivity index (χ1) is 8.67. The highest BCUT2D eigenvalue weighted by Gasteiger charge is 2.06. The molecule has 0 aliphatic heterocycles. The van der Waals surface area contributed by atoms with Crippen LogP contribution in [0.2, 0.25) is 0 Å². The van der Waals surface area contributed by atoms with E-state index in [0.717, 1.165) is 16.6 Å². The van der Waals surface area contributed by atoms with Gasteiger partial charge in [-0.15, -0.1) is 0 Å². The van der Waals surface area contributed by atoms with Gasteiger partial charge in [0.2, 0.25) is 0 Å². The highest BCUT2D eigenvalue weighted by Crippen LogP contribution is 2.16. The molecule has 0 aliphatic carbocycles. The van der Waals surface area contributed by atoms with Gasteiger partial charge in [0.15, 0.2) is 0 Å². The average molecular weight is 316 g/mol. The molecule has 0 spiro atoms. The summed E-state index contributed by atoms with van der Waals surface area (Å²) >= 11 is 3.27. The Morgan fingerprint density at radius 1 is 1.33 bits per heavy atom. The van der Waals surface area contributed by atoms with E-state index in [2.05, 4.69) is 35.1 Å². The van der Waals surface area contributed by atoms with Crippen LogP contribution in [0.25, 0.3) is 0 Å². The molecule has 3 heteroatoms. The van der Waals surface area contributed by atoms with Crippen molar-refractivity contribution in [3.05, 3.63) is 34.1 Å². The Morgan fingerprint density at radius 3 is 2.72 bits per heavy atom. The molecule has 1 atom stereocenters. The zero-order valence-corrected chi connectivity index (χ0v) is 12.9. The van der Waals surface area contributed by atoms with E-state index in [1.54, 1.807) is 0 Å². The molecular formula is C15H23BrFN. The molecule has 1 N–H and O–H groups in total. The first kappa shape index (κ1) is 15.6. The lowest BCUT2D eigenvalue weighted by Gasteiger charge is -2.15. The van der Waals surface area contributed by atoms with Crippen molar-refractivity contribution >= 4 is 15.9 Å². The van der Waals surface area contributed by atoms with Gasteiger partial charge in [0.1, 0.15) is 5.82 Å². The molecule has 1 unspecified atom stereocenters. The maximum atomic E-state index is 13.6. The molecule has 102 valence electrons. The third-order valence-corrected chi connectivity index (χ3v) is 3.80. The van der Waals surface area contributed by atoms with Crippen molar-refractivity contribution in [2.75, 3.05) is 6.54 Å². The lowest BCUT2D eigenvalue weighted by molar-refractivity contribution is 0.417. The zero-order valence-electron chi connectivity index (χ0n) is 11.3. The summed E-state index contributed by atoms with van der Waals surface area (Å²) in [6, 6.07) is 5.24. The summed E-state index contributed by atoms with van der Waals surface area (Å²) in [4.78, 5) is 0. The van der Waals surface area contributed by atoms with Crippen LogP contribution in [-0.2, 0) is 6.54 Å². The van der Waals surface area contributed by atoms with Crippen molar-refractivity contribution in [2.45, 2.75) is 46.1 Å². The van der Waals surface area contributed by atoms with Gasteiger partial charge in [0.25, 0.3) is 0 Å². The molecule has 0 amide bonds. The summed E-state index contributed by atoms with van der Waals surface area (Å²) in [5.41, 5.74) is 0.739. The van der Waals surface area contributed by atoms with Crippen LogP contribution in [0.5, 0.6) is 0 Å². The van der Waals surface area contributed by atoms with Gasteiger partial charge < -0.3 is 5.32 Å². The fourth-order valence-electron chi connectivity index (χ4n) is 2.02. The van der Waals surface area contributed by atoms with Crippen LogP contribution in [0.15, 0.2) is 22.7 Å². The molecule has 0 saturated carbocycles. The third-order valence-electron chi connectivity index (χ3n) is 3.31. The van der Waals surface area contributed by atoms with Crippen molar-refractivity contribution in [2.24, 2.45) is 5.92 Å². The minimum atomic E-state index is -0.140. The Kier molecular flexibility index (Phi) is 7.52. The number of rotatable bonds is 8. The largest absolute Gasteiger partial charge is 0.312 e. The summed E-state index contributed by atoms with van der Waals surface area (Å²) in [5.74, 6) is 0.571. The molecule has 0 fully saturated rings. The molecule has 0 heterocycles. The smallest absolute Gasteiger partial charge is 0.128 e. The quantitative estimate of drug-likeness (QED) is 0.720. The van der Waals surface area contributed by atoms with E-state index in [0.29, 0.717) is 12.5 Å². The summed E-state index contributed by atoms with van der Waals surface area (Å²) in [6.45, 7) is 6.04. The maximum absolute atomic E-state index is 13.6. The van der Waals surface area contributed by atoms with E-state index in [1.165, 1.54) is 31.7 Å². The molecule has 1 aromatic carbocycles. The van der Waals surface area contributed by atoms with Crippen LogP contribution in [0.4, 0.5) is 4.39 Å². The van der Waals surface area contributed by atoms with Crippen LogP contribution in [0.1, 0.15) is 45.1 Å². The Hall–Kier alpha value is -0.410. The molecule has 0 bridgehead atoms. The molecule has 0 radical (unpaired) electrons. The Bertz CT molecular complexity index is 354. The van der Waals surface area contributed by atoms with Gasteiger partial charge in [0, 0.05) is 16.6 Å². The van der Waals surface area contributed by atoms with Crippen molar-refractivity contribution in [3.8, 4) is 0 Å². The second-order valence-electron chi connectivity index (χ2n) is 4.78. The van der Waals surface area contributed by atoms with Gasteiger partial charge in [-0.3, -0.25) is 0 Å². The van der Waals surface area contributed by atoms with E-state index >= 15 is 0 Å². The molecule has 1 nitrogen and oxygen atoms in total. The van der Waals surface area contributed by atoms with Gasteiger partial charge in [-0.05, 0) is 31.0 Å². The minimum Gasteiger partial charge on any atom is -0.312 e. The molecule has 0 aliphatic rings. The Balaban J connectivity index is 2.35. The second kappa shape index (κ2) is 8.65. The molecular weight excluding hydrogens is 293 g/mol. The predicted octanol–water partition coefficient (Wildman–Crippen LogP) is 4.89. The zero-order chi connectivity index (χ0) is 13.4. The Labute approximate surface area is 118 Å². The molecule has 18 heavy (non-hydrogen) atoms. The molecule has 1 aromatic rings. The number of hydrogen-bond donors (Lipinski definition) is 1. The van der Waals surface area contributed by atoms with Crippen LogP contribution < -0.4 is 5.32 Å². The number of benzene rings is 1. The van der Waals surface area contributed by atoms with Gasteiger partial charge >= 0.3 is 0 Å². The summed E-state index contributed by atoms with van der Waals surface area (Å²) in [6.07, 6.45) is 4.99. The van der Waals surface area contributed by atoms with E-state index in [1.807, 2.05) is 12.1 Å². The highest BCUT2D eigenvalue weighted by atomic mass is 79.9.